The highest BCUT2D eigenvalue weighted by atomic mass is 16.2. The largest absolute Gasteiger partial charge is 0.354 e. The van der Waals surface area contributed by atoms with Gasteiger partial charge in [0.1, 0.15) is 6.54 Å². The maximum atomic E-state index is 12.4. The molecule has 0 aromatic carbocycles. The molecule has 0 atom stereocenters. The monoisotopic (exact) mass is 347 g/mol. The van der Waals surface area contributed by atoms with Crippen LogP contribution in [0.25, 0.3) is 0 Å². The van der Waals surface area contributed by atoms with Gasteiger partial charge < -0.3 is 5.32 Å². The van der Waals surface area contributed by atoms with Gasteiger partial charge in [0.25, 0.3) is 0 Å². The van der Waals surface area contributed by atoms with Crippen molar-refractivity contribution in [2.24, 2.45) is 0 Å². The van der Waals surface area contributed by atoms with Crippen molar-refractivity contribution in [3.8, 4) is 0 Å². The topological polar surface area (TPSA) is 86.8 Å². The molecule has 25 heavy (non-hydrogen) atoms. The summed E-state index contributed by atoms with van der Waals surface area (Å²) in [5.41, 5.74) is 1.35. The maximum Gasteiger partial charge on any atom is 0.334 e. The smallest absolute Gasteiger partial charge is 0.334 e. The predicted octanol–water partition coefficient (Wildman–Crippen LogP) is 1.73. The molecule has 136 valence electrons. The molecule has 0 aromatic heterocycles. The Balaban J connectivity index is 1.50. The third-order valence-electron chi connectivity index (χ3n) is 5.23. The lowest BCUT2D eigenvalue weighted by molar-refractivity contribution is -0.144. The van der Waals surface area contributed by atoms with Gasteiger partial charge in [-0.25, -0.2) is 9.69 Å². The summed E-state index contributed by atoms with van der Waals surface area (Å²) in [7, 11) is 0. The van der Waals surface area contributed by atoms with Crippen LogP contribution >= 0.6 is 0 Å². The Morgan fingerprint density at radius 2 is 1.84 bits per heavy atom. The van der Waals surface area contributed by atoms with Crippen LogP contribution < -0.4 is 5.32 Å². The van der Waals surface area contributed by atoms with E-state index < -0.39 is 23.8 Å². The van der Waals surface area contributed by atoms with Crippen LogP contribution in [0.15, 0.2) is 11.6 Å². The molecule has 1 aliphatic heterocycles. The summed E-state index contributed by atoms with van der Waals surface area (Å²) in [6, 6.07) is -0.845. The molecule has 0 spiro atoms. The van der Waals surface area contributed by atoms with Crippen LogP contribution in [0.5, 0.6) is 0 Å². The zero-order chi connectivity index (χ0) is 17.8. The van der Waals surface area contributed by atoms with Gasteiger partial charge in [0.05, 0.1) is 0 Å². The van der Waals surface area contributed by atoms with Crippen LogP contribution in [0, 0.1) is 0 Å². The van der Waals surface area contributed by atoms with Crippen molar-refractivity contribution in [3.63, 3.8) is 0 Å². The van der Waals surface area contributed by atoms with E-state index >= 15 is 0 Å². The fourth-order valence-electron chi connectivity index (χ4n) is 3.84. The number of nitrogens with zero attached hydrogens (tertiary/aromatic N) is 2. The molecule has 5 amide bonds. The second-order valence-corrected chi connectivity index (χ2v) is 7.00. The molecule has 7 heteroatoms. The molecule has 0 unspecified atom stereocenters. The van der Waals surface area contributed by atoms with E-state index in [1.54, 1.807) is 0 Å². The van der Waals surface area contributed by atoms with Crippen molar-refractivity contribution in [1.82, 2.24) is 15.1 Å². The first kappa shape index (κ1) is 17.6. The second kappa shape index (κ2) is 7.80. The fraction of sp³-hybridized carbons (Fsp3) is 0.667. The molecule has 1 heterocycles. The van der Waals surface area contributed by atoms with Gasteiger partial charge in [0.2, 0.25) is 5.91 Å². The van der Waals surface area contributed by atoms with Crippen LogP contribution in [0.3, 0.4) is 0 Å². The van der Waals surface area contributed by atoms with E-state index in [-0.39, 0.29) is 12.6 Å². The minimum Gasteiger partial charge on any atom is -0.354 e. The molecule has 7 nitrogen and oxygen atoms in total. The Kier molecular flexibility index (Phi) is 5.50. The molecule has 1 saturated heterocycles. The highest BCUT2D eigenvalue weighted by Gasteiger charge is 2.48. The maximum absolute atomic E-state index is 12.4. The van der Waals surface area contributed by atoms with E-state index in [0.717, 1.165) is 54.7 Å². The molecule has 3 aliphatic rings. The number of allylic oxidation sites excluding steroid dienone is 1. The number of hydrogen-bond donors (Lipinski definition) is 1. The van der Waals surface area contributed by atoms with Gasteiger partial charge in [-0.1, -0.05) is 24.5 Å². The highest BCUT2D eigenvalue weighted by Crippen LogP contribution is 2.27. The van der Waals surface area contributed by atoms with E-state index in [4.69, 9.17) is 0 Å². The summed E-state index contributed by atoms with van der Waals surface area (Å²) in [5.74, 6) is -2.08. The molecule has 0 bridgehead atoms. The lowest BCUT2D eigenvalue weighted by atomic mass is 9.97. The third-order valence-corrected chi connectivity index (χ3v) is 5.23. The highest BCUT2D eigenvalue weighted by molar-refractivity contribution is 6.45. The number of imide groups is 2. The number of nitrogens with one attached hydrogen (secondary N) is 1. The van der Waals surface area contributed by atoms with Gasteiger partial charge >= 0.3 is 17.8 Å². The quantitative estimate of drug-likeness (QED) is 0.450. The lowest BCUT2D eigenvalue weighted by Gasteiger charge is -2.21. The lowest BCUT2D eigenvalue weighted by Crippen LogP contribution is -2.43. The van der Waals surface area contributed by atoms with E-state index in [9.17, 15) is 19.2 Å². The SMILES string of the molecule is O=C(CN1C(=O)C(=O)N(C2CCCC2)C1=O)NCCC1=CCCCC1. The first-order valence-corrected chi connectivity index (χ1v) is 9.21. The molecular formula is C18H25N3O4. The Bertz CT molecular complexity index is 607. The number of hydrogen-bond acceptors (Lipinski definition) is 4. The number of carbonyl (C=O) groups is 4. The van der Waals surface area contributed by atoms with Gasteiger partial charge in [-0.2, -0.15) is 0 Å². The first-order valence-electron chi connectivity index (χ1n) is 9.21. The van der Waals surface area contributed by atoms with Gasteiger partial charge in [0, 0.05) is 12.6 Å². The van der Waals surface area contributed by atoms with Gasteiger partial charge in [-0.3, -0.25) is 19.3 Å². The first-order chi connectivity index (χ1) is 12.1. The van der Waals surface area contributed by atoms with E-state index in [1.165, 1.54) is 18.4 Å². The van der Waals surface area contributed by atoms with Crippen molar-refractivity contribution in [2.75, 3.05) is 13.1 Å². The van der Waals surface area contributed by atoms with Crippen LogP contribution in [-0.4, -0.2) is 52.7 Å². The normalized spacial score (nSPS) is 21.9. The van der Waals surface area contributed by atoms with E-state index in [0.29, 0.717) is 6.54 Å². The molecule has 3 rings (SSSR count). The fourth-order valence-corrected chi connectivity index (χ4v) is 3.84. The Morgan fingerprint density at radius 1 is 1.08 bits per heavy atom. The van der Waals surface area contributed by atoms with Crippen LogP contribution in [0.4, 0.5) is 4.79 Å². The average Bonchev–Trinajstić information content (AvgIpc) is 3.20. The molecule has 0 aromatic rings. The second-order valence-electron chi connectivity index (χ2n) is 7.00. The minimum atomic E-state index is -0.887. The van der Waals surface area contributed by atoms with Crippen molar-refractivity contribution in [2.45, 2.75) is 63.8 Å². The molecule has 0 radical (unpaired) electrons. The van der Waals surface area contributed by atoms with Crippen LogP contribution in [0.2, 0.25) is 0 Å². The van der Waals surface area contributed by atoms with Crippen molar-refractivity contribution in [1.29, 1.82) is 0 Å². The Morgan fingerprint density at radius 3 is 2.52 bits per heavy atom. The van der Waals surface area contributed by atoms with Gasteiger partial charge in [-0.05, 0) is 44.9 Å². The number of urea groups is 1. The van der Waals surface area contributed by atoms with Gasteiger partial charge in [-0.15, -0.1) is 0 Å². The average molecular weight is 347 g/mol. The standard InChI is InChI=1S/C18H25N3O4/c22-15(19-11-10-13-6-2-1-3-7-13)12-20-16(23)17(24)21(18(20)25)14-8-4-5-9-14/h6,14H,1-5,7-12H2,(H,19,22). The number of amides is 5. The van der Waals surface area contributed by atoms with E-state index in [2.05, 4.69) is 11.4 Å². The van der Waals surface area contributed by atoms with Gasteiger partial charge in [0.15, 0.2) is 0 Å². The molecule has 1 saturated carbocycles. The van der Waals surface area contributed by atoms with E-state index in [1.807, 2.05) is 0 Å². The minimum absolute atomic E-state index is 0.199. The number of rotatable bonds is 6. The summed E-state index contributed by atoms with van der Waals surface area (Å²) >= 11 is 0. The summed E-state index contributed by atoms with van der Waals surface area (Å²) in [6.45, 7) is 0.104. The van der Waals surface area contributed by atoms with Crippen molar-refractivity contribution < 1.29 is 19.2 Å². The summed E-state index contributed by atoms with van der Waals surface area (Å²) in [6.07, 6.45) is 11.0. The summed E-state index contributed by atoms with van der Waals surface area (Å²) in [5, 5.41) is 2.74. The molecule has 1 N–H and O–H groups in total. The Hall–Kier alpha value is -2.18. The Labute approximate surface area is 147 Å². The van der Waals surface area contributed by atoms with Crippen LogP contribution in [0.1, 0.15) is 57.8 Å². The number of carbonyl (C=O) groups excluding carboxylic acids is 4. The van der Waals surface area contributed by atoms with Crippen molar-refractivity contribution >= 4 is 23.8 Å². The zero-order valence-corrected chi connectivity index (χ0v) is 14.5. The summed E-state index contributed by atoms with van der Waals surface area (Å²) in [4.78, 5) is 50.4. The molecular weight excluding hydrogens is 322 g/mol. The zero-order valence-electron chi connectivity index (χ0n) is 14.5. The molecule has 2 aliphatic carbocycles. The summed E-state index contributed by atoms with van der Waals surface area (Å²) < 4.78 is 0. The van der Waals surface area contributed by atoms with Crippen molar-refractivity contribution in [3.05, 3.63) is 11.6 Å². The third kappa shape index (κ3) is 3.91. The predicted molar refractivity (Wildman–Crippen MR) is 90.4 cm³/mol. The van der Waals surface area contributed by atoms with Crippen LogP contribution in [-0.2, 0) is 14.4 Å². The molecule has 2 fully saturated rings.